The van der Waals surface area contributed by atoms with Gasteiger partial charge in [-0.15, -0.1) is 0 Å². The third kappa shape index (κ3) is 20.4. The van der Waals surface area contributed by atoms with Crippen LogP contribution in [0.3, 0.4) is 0 Å². The molecule has 0 aromatic heterocycles. The minimum atomic E-state index is -0.874. The van der Waals surface area contributed by atoms with Gasteiger partial charge in [-0.3, -0.25) is 0 Å². The number of allylic oxidation sites excluding steroid dienone is 12. The number of hydrogen-bond acceptors (Lipinski definition) is 2. The van der Waals surface area contributed by atoms with Crippen LogP contribution in [-0.4, -0.2) is 23.8 Å². The van der Waals surface area contributed by atoms with Gasteiger partial charge in [-0.25, -0.2) is 4.79 Å². The standard InChI is InChI=1S/C26H40O3/c1-3-5-6-7-8-9-10-11-12-13-14-15-16-17-18-19-20-21-22-23-24-29-25(4-2)26(27)28/h5-6,8-9,11-12,14-15,17-18,20-21,25H,3-4,7,10,13,16,19,22-24H2,1-2H3,(H,27,28)/b6-5-,9-8-,12-11-,15-14-,18-17-,21-20-. The van der Waals surface area contributed by atoms with Crippen molar-refractivity contribution in [2.24, 2.45) is 0 Å². The molecule has 0 saturated carbocycles. The molecule has 0 radical (unpaired) electrons. The second-order valence-corrected chi connectivity index (χ2v) is 6.66. The Morgan fingerprint density at radius 1 is 0.724 bits per heavy atom. The predicted molar refractivity (Wildman–Crippen MR) is 125 cm³/mol. The second kappa shape index (κ2) is 22.2. The molecule has 1 N–H and O–H groups in total. The highest BCUT2D eigenvalue weighted by molar-refractivity contribution is 5.72. The van der Waals surface area contributed by atoms with Crippen molar-refractivity contribution in [1.82, 2.24) is 0 Å². The van der Waals surface area contributed by atoms with Gasteiger partial charge in [-0.1, -0.05) is 86.8 Å². The molecule has 29 heavy (non-hydrogen) atoms. The Hall–Kier alpha value is -2.13. The highest BCUT2D eigenvalue weighted by Crippen LogP contribution is 2.02. The summed E-state index contributed by atoms with van der Waals surface area (Å²) in [4.78, 5) is 10.8. The van der Waals surface area contributed by atoms with Gasteiger partial charge < -0.3 is 9.84 Å². The molecular formula is C26H40O3. The van der Waals surface area contributed by atoms with E-state index in [4.69, 9.17) is 9.84 Å². The lowest BCUT2D eigenvalue weighted by Crippen LogP contribution is -2.23. The van der Waals surface area contributed by atoms with E-state index in [0.29, 0.717) is 13.0 Å². The highest BCUT2D eigenvalue weighted by Gasteiger charge is 2.14. The molecule has 3 heteroatoms. The van der Waals surface area contributed by atoms with Gasteiger partial charge in [0.2, 0.25) is 0 Å². The molecule has 0 rings (SSSR count). The molecule has 0 amide bonds. The van der Waals surface area contributed by atoms with Gasteiger partial charge in [0.05, 0.1) is 0 Å². The van der Waals surface area contributed by atoms with Gasteiger partial charge >= 0.3 is 5.97 Å². The molecule has 0 spiro atoms. The summed E-state index contributed by atoms with van der Waals surface area (Å²) in [7, 11) is 0. The predicted octanol–water partition coefficient (Wildman–Crippen LogP) is 7.34. The lowest BCUT2D eigenvalue weighted by atomic mass is 10.2. The molecule has 0 aliphatic heterocycles. The molecule has 162 valence electrons. The molecule has 1 atom stereocenters. The Labute approximate surface area is 178 Å². The fourth-order valence-corrected chi connectivity index (χ4v) is 2.43. The molecule has 0 bridgehead atoms. The zero-order chi connectivity index (χ0) is 21.4. The first-order valence-electron chi connectivity index (χ1n) is 11.0. The van der Waals surface area contributed by atoms with Crippen molar-refractivity contribution >= 4 is 5.97 Å². The van der Waals surface area contributed by atoms with Crippen LogP contribution in [0.4, 0.5) is 0 Å². The van der Waals surface area contributed by atoms with Gasteiger partial charge in [0, 0.05) is 6.61 Å². The fraction of sp³-hybridized carbons (Fsp3) is 0.500. The van der Waals surface area contributed by atoms with Gasteiger partial charge in [0.25, 0.3) is 0 Å². The molecular weight excluding hydrogens is 360 g/mol. The van der Waals surface area contributed by atoms with E-state index in [1.54, 1.807) is 0 Å². The summed E-state index contributed by atoms with van der Waals surface area (Å²) in [5, 5.41) is 8.88. The van der Waals surface area contributed by atoms with E-state index in [2.05, 4.69) is 79.8 Å². The smallest absolute Gasteiger partial charge is 0.332 e. The maximum absolute atomic E-state index is 10.8. The zero-order valence-electron chi connectivity index (χ0n) is 18.3. The molecule has 0 heterocycles. The van der Waals surface area contributed by atoms with Crippen molar-refractivity contribution < 1.29 is 14.6 Å². The van der Waals surface area contributed by atoms with Gasteiger partial charge in [-0.05, 0) is 57.8 Å². The molecule has 1 unspecified atom stereocenters. The number of hydrogen-bond donors (Lipinski definition) is 1. The van der Waals surface area contributed by atoms with E-state index >= 15 is 0 Å². The summed E-state index contributed by atoms with van der Waals surface area (Å²) < 4.78 is 5.32. The van der Waals surface area contributed by atoms with E-state index in [0.717, 1.165) is 51.4 Å². The largest absolute Gasteiger partial charge is 0.479 e. The van der Waals surface area contributed by atoms with Crippen LogP contribution in [0.25, 0.3) is 0 Å². The Morgan fingerprint density at radius 3 is 1.52 bits per heavy atom. The third-order valence-electron chi connectivity index (χ3n) is 4.08. The van der Waals surface area contributed by atoms with Crippen LogP contribution in [0.1, 0.15) is 71.6 Å². The number of ether oxygens (including phenoxy) is 1. The first-order chi connectivity index (χ1) is 14.2. The summed E-state index contributed by atoms with van der Waals surface area (Å²) in [5.74, 6) is -0.874. The van der Waals surface area contributed by atoms with E-state index in [1.807, 2.05) is 6.92 Å². The maximum atomic E-state index is 10.8. The highest BCUT2D eigenvalue weighted by atomic mass is 16.5. The van der Waals surface area contributed by atoms with Crippen molar-refractivity contribution in [3.63, 3.8) is 0 Å². The van der Waals surface area contributed by atoms with E-state index in [-0.39, 0.29) is 0 Å². The van der Waals surface area contributed by atoms with Crippen LogP contribution in [0.5, 0.6) is 0 Å². The van der Waals surface area contributed by atoms with Gasteiger partial charge in [0.15, 0.2) is 6.10 Å². The normalized spacial score (nSPS) is 14.0. The summed E-state index contributed by atoms with van der Waals surface area (Å²) >= 11 is 0. The van der Waals surface area contributed by atoms with Crippen LogP contribution in [0.15, 0.2) is 72.9 Å². The van der Waals surface area contributed by atoms with E-state index < -0.39 is 12.1 Å². The van der Waals surface area contributed by atoms with E-state index in [1.165, 1.54) is 0 Å². The Kier molecular flexibility index (Phi) is 20.5. The zero-order valence-corrected chi connectivity index (χ0v) is 18.3. The van der Waals surface area contributed by atoms with Gasteiger partial charge in [0.1, 0.15) is 0 Å². The lowest BCUT2D eigenvalue weighted by molar-refractivity contribution is -0.150. The molecule has 3 nitrogen and oxygen atoms in total. The van der Waals surface area contributed by atoms with Crippen LogP contribution < -0.4 is 0 Å². The molecule has 0 aliphatic rings. The molecule has 0 aromatic rings. The van der Waals surface area contributed by atoms with Crippen molar-refractivity contribution in [2.75, 3.05) is 6.61 Å². The van der Waals surface area contributed by atoms with Crippen LogP contribution >= 0.6 is 0 Å². The Morgan fingerprint density at radius 2 is 1.14 bits per heavy atom. The molecule has 0 aromatic carbocycles. The summed E-state index contributed by atoms with van der Waals surface area (Å²) in [6.45, 7) is 4.47. The van der Waals surface area contributed by atoms with Crippen molar-refractivity contribution in [1.29, 1.82) is 0 Å². The van der Waals surface area contributed by atoms with Crippen LogP contribution in [-0.2, 0) is 9.53 Å². The topological polar surface area (TPSA) is 46.5 Å². The summed E-state index contributed by atoms with van der Waals surface area (Å²) in [6, 6.07) is 0. The minimum Gasteiger partial charge on any atom is -0.479 e. The monoisotopic (exact) mass is 400 g/mol. The quantitative estimate of drug-likeness (QED) is 0.193. The Bertz CT molecular complexity index is 550. The van der Waals surface area contributed by atoms with Crippen molar-refractivity contribution in [2.45, 2.75) is 77.7 Å². The lowest BCUT2D eigenvalue weighted by Gasteiger charge is -2.10. The third-order valence-corrected chi connectivity index (χ3v) is 4.08. The summed E-state index contributed by atoms with van der Waals surface area (Å²) in [5.41, 5.74) is 0. The maximum Gasteiger partial charge on any atom is 0.332 e. The Balaban J connectivity index is 3.56. The van der Waals surface area contributed by atoms with E-state index in [9.17, 15) is 4.79 Å². The average Bonchev–Trinajstić information content (AvgIpc) is 2.71. The second-order valence-electron chi connectivity index (χ2n) is 6.66. The number of carbonyl (C=O) groups is 1. The number of aliphatic carboxylic acids is 1. The first kappa shape index (κ1) is 26.9. The number of unbranched alkanes of at least 4 members (excludes halogenated alkanes) is 1. The number of carboxylic acid groups (broad SMARTS) is 1. The average molecular weight is 401 g/mol. The number of carboxylic acids is 1. The molecule has 0 fully saturated rings. The first-order valence-corrected chi connectivity index (χ1v) is 11.0. The van der Waals surface area contributed by atoms with Crippen molar-refractivity contribution in [3.05, 3.63) is 72.9 Å². The van der Waals surface area contributed by atoms with Crippen LogP contribution in [0.2, 0.25) is 0 Å². The molecule has 0 saturated heterocycles. The minimum absolute atomic E-state index is 0.497. The summed E-state index contributed by atoms with van der Waals surface area (Å²) in [6.07, 6.45) is 33.9. The van der Waals surface area contributed by atoms with Gasteiger partial charge in [-0.2, -0.15) is 0 Å². The SMILES string of the molecule is CC/C=C\C/C=C\C/C=C\C/C=C\C/C=C\C/C=C\CCCOC(CC)C(=O)O. The number of rotatable bonds is 18. The van der Waals surface area contributed by atoms with Crippen LogP contribution in [0, 0.1) is 0 Å². The molecule has 0 aliphatic carbocycles. The fourth-order valence-electron chi connectivity index (χ4n) is 2.43. The van der Waals surface area contributed by atoms with Crippen molar-refractivity contribution in [3.8, 4) is 0 Å².